The predicted octanol–water partition coefficient (Wildman–Crippen LogP) is 4.66. The van der Waals surface area contributed by atoms with Gasteiger partial charge in [-0.3, -0.25) is 0 Å². The molecule has 0 heterocycles. The molecule has 0 fully saturated rings. The number of hydrogen-bond acceptors (Lipinski definition) is 1. The van der Waals surface area contributed by atoms with Gasteiger partial charge in [-0.05, 0) is 42.7 Å². The Bertz CT molecular complexity index is 602. The highest BCUT2D eigenvalue weighted by atomic mass is 19.1. The molecule has 0 unspecified atom stereocenters. The summed E-state index contributed by atoms with van der Waals surface area (Å²) >= 11 is 0. The molecule has 2 heteroatoms. The molecule has 19 heavy (non-hydrogen) atoms. The summed E-state index contributed by atoms with van der Waals surface area (Å²) in [6.45, 7) is 7.94. The van der Waals surface area contributed by atoms with Gasteiger partial charge in [-0.15, -0.1) is 0 Å². The van der Waals surface area contributed by atoms with Crippen LogP contribution in [0.15, 0.2) is 43.0 Å². The first kappa shape index (κ1) is 13.3. The molecule has 98 valence electrons. The minimum atomic E-state index is -0.267. The Morgan fingerprint density at radius 1 is 1.16 bits per heavy atom. The van der Waals surface area contributed by atoms with Gasteiger partial charge in [0.05, 0.1) is 0 Å². The van der Waals surface area contributed by atoms with Crippen LogP contribution < -0.4 is 4.74 Å². The molecule has 2 rings (SSSR count). The smallest absolute Gasteiger partial charge is 0.130 e. The fraction of sp³-hybridized carbons (Fsp3) is 0.176. The van der Waals surface area contributed by atoms with Gasteiger partial charge in [-0.1, -0.05) is 36.9 Å². The third-order valence-electron chi connectivity index (χ3n) is 3.02. The predicted molar refractivity (Wildman–Crippen MR) is 76.7 cm³/mol. The van der Waals surface area contributed by atoms with Gasteiger partial charge in [-0.25, -0.2) is 4.39 Å². The maximum absolute atomic E-state index is 13.6. The highest BCUT2D eigenvalue weighted by molar-refractivity contribution is 5.48. The average molecular weight is 256 g/mol. The zero-order chi connectivity index (χ0) is 13.8. The van der Waals surface area contributed by atoms with E-state index in [-0.39, 0.29) is 5.82 Å². The average Bonchev–Trinajstić information content (AvgIpc) is 2.40. The van der Waals surface area contributed by atoms with E-state index in [0.29, 0.717) is 12.2 Å². The van der Waals surface area contributed by atoms with Gasteiger partial charge in [0, 0.05) is 5.56 Å². The Labute approximate surface area is 113 Å². The van der Waals surface area contributed by atoms with E-state index in [0.717, 1.165) is 22.4 Å². The molecule has 0 aromatic heterocycles. The first-order valence-corrected chi connectivity index (χ1v) is 6.21. The van der Waals surface area contributed by atoms with Crippen LogP contribution in [0.2, 0.25) is 0 Å². The second-order valence-electron chi connectivity index (χ2n) is 4.62. The molecule has 0 aliphatic heterocycles. The highest BCUT2D eigenvalue weighted by Crippen LogP contribution is 2.21. The molecule has 0 amide bonds. The molecule has 1 nitrogen and oxygen atoms in total. The van der Waals surface area contributed by atoms with E-state index in [4.69, 9.17) is 4.74 Å². The summed E-state index contributed by atoms with van der Waals surface area (Å²) in [5.74, 6) is 0.574. The summed E-state index contributed by atoms with van der Waals surface area (Å²) in [6.07, 6.45) is 1.50. The molecule has 0 atom stereocenters. The topological polar surface area (TPSA) is 9.23 Å². The zero-order valence-electron chi connectivity index (χ0n) is 11.2. The van der Waals surface area contributed by atoms with Crippen molar-refractivity contribution in [2.45, 2.75) is 20.5 Å². The van der Waals surface area contributed by atoms with Crippen molar-refractivity contribution in [3.8, 4) is 5.75 Å². The Balaban J connectivity index is 2.12. The molecular formula is C17H17FO. The van der Waals surface area contributed by atoms with Crippen LogP contribution in [0.1, 0.15) is 22.3 Å². The zero-order valence-corrected chi connectivity index (χ0v) is 11.2. The van der Waals surface area contributed by atoms with Gasteiger partial charge in [0.1, 0.15) is 18.2 Å². The van der Waals surface area contributed by atoms with Gasteiger partial charge in [-0.2, -0.15) is 0 Å². The van der Waals surface area contributed by atoms with E-state index in [1.54, 1.807) is 6.07 Å². The van der Waals surface area contributed by atoms with E-state index in [1.165, 1.54) is 12.1 Å². The molecule has 0 aliphatic carbocycles. The first-order chi connectivity index (χ1) is 9.10. The number of benzene rings is 2. The van der Waals surface area contributed by atoms with Crippen molar-refractivity contribution in [1.82, 2.24) is 0 Å². The quantitative estimate of drug-likeness (QED) is 0.772. The lowest BCUT2D eigenvalue weighted by Gasteiger charge is -2.10. The van der Waals surface area contributed by atoms with Crippen molar-refractivity contribution in [3.63, 3.8) is 0 Å². The number of ether oxygens (including phenoxy) is 1. The monoisotopic (exact) mass is 256 g/mol. The fourth-order valence-corrected chi connectivity index (χ4v) is 1.85. The molecule has 0 bridgehead atoms. The van der Waals surface area contributed by atoms with Gasteiger partial charge in [0.25, 0.3) is 0 Å². The summed E-state index contributed by atoms with van der Waals surface area (Å²) in [5.41, 5.74) is 3.54. The molecule has 0 aliphatic rings. The van der Waals surface area contributed by atoms with Crippen molar-refractivity contribution < 1.29 is 9.13 Å². The van der Waals surface area contributed by atoms with E-state index >= 15 is 0 Å². The number of rotatable bonds is 4. The molecule has 2 aromatic carbocycles. The largest absolute Gasteiger partial charge is 0.489 e. The van der Waals surface area contributed by atoms with Crippen LogP contribution in [-0.4, -0.2) is 0 Å². The van der Waals surface area contributed by atoms with Crippen LogP contribution in [-0.2, 0) is 6.61 Å². The van der Waals surface area contributed by atoms with Gasteiger partial charge in [0.15, 0.2) is 0 Å². The van der Waals surface area contributed by atoms with Crippen LogP contribution in [0.5, 0.6) is 5.75 Å². The SMILES string of the molecule is C=Cc1ccc(COc2cc(C)ccc2C)cc1F. The van der Waals surface area contributed by atoms with Crippen molar-refractivity contribution >= 4 is 6.08 Å². The molecule has 2 aromatic rings. The van der Waals surface area contributed by atoms with E-state index in [2.05, 4.69) is 6.58 Å². The van der Waals surface area contributed by atoms with Crippen molar-refractivity contribution in [2.24, 2.45) is 0 Å². The van der Waals surface area contributed by atoms with Crippen LogP contribution in [0.25, 0.3) is 6.08 Å². The Morgan fingerprint density at radius 2 is 1.95 bits per heavy atom. The highest BCUT2D eigenvalue weighted by Gasteiger charge is 2.03. The number of hydrogen-bond donors (Lipinski definition) is 0. The lowest BCUT2D eigenvalue weighted by Crippen LogP contribution is -1.98. The Hall–Kier alpha value is -2.09. The standard InChI is InChI=1S/C17H17FO/c1-4-15-8-7-14(10-16(15)18)11-19-17-9-12(2)5-6-13(17)3/h4-10H,1,11H2,2-3H3. The molecule has 0 N–H and O–H groups in total. The minimum absolute atomic E-state index is 0.267. The van der Waals surface area contributed by atoms with Crippen LogP contribution >= 0.6 is 0 Å². The number of aryl methyl sites for hydroxylation is 2. The van der Waals surface area contributed by atoms with E-state index < -0.39 is 0 Å². The maximum atomic E-state index is 13.6. The van der Waals surface area contributed by atoms with Crippen molar-refractivity contribution in [3.05, 3.63) is 71.0 Å². The van der Waals surface area contributed by atoms with Crippen molar-refractivity contribution in [2.75, 3.05) is 0 Å². The minimum Gasteiger partial charge on any atom is -0.489 e. The van der Waals surface area contributed by atoms with Gasteiger partial charge >= 0.3 is 0 Å². The van der Waals surface area contributed by atoms with Gasteiger partial charge < -0.3 is 4.74 Å². The Kier molecular flexibility index (Phi) is 4.00. The van der Waals surface area contributed by atoms with E-state index in [9.17, 15) is 4.39 Å². The van der Waals surface area contributed by atoms with Crippen LogP contribution in [0.3, 0.4) is 0 Å². The fourth-order valence-electron chi connectivity index (χ4n) is 1.85. The summed E-state index contributed by atoms with van der Waals surface area (Å²) in [6, 6.07) is 11.1. The second kappa shape index (κ2) is 5.70. The van der Waals surface area contributed by atoms with Crippen molar-refractivity contribution in [1.29, 1.82) is 0 Å². The molecule has 0 saturated heterocycles. The van der Waals surface area contributed by atoms with Crippen LogP contribution in [0, 0.1) is 19.7 Å². The molecule has 0 radical (unpaired) electrons. The summed E-state index contributed by atoms with van der Waals surface area (Å²) in [4.78, 5) is 0. The Morgan fingerprint density at radius 3 is 2.63 bits per heavy atom. The summed E-state index contributed by atoms with van der Waals surface area (Å²) in [7, 11) is 0. The summed E-state index contributed by atoms with van der Waals surface area (Å²) in [5, 5.41) is 0. The lowest BCUT2D eigenvalue weighted by atomic mass is 10.1. The third-order valence-corrected chi connectivity index (χ3v) is 3.02. The third kappa shape index (κ3) is 3.22. The number of halogens is 1. The van der Waals surface area contributed by atoms with Crippen LogP contribution in [0.4, 0.5) is 4.39 Å². The maximum Gasteiger partial charge on any atom is 0.130 e. The van der Waals surface area contributed by atoms with E-state index in [1.807, 2.05) is 38.1 Å². The first-order valence-electron chi connectivity index (χ1n) is 6.21. The van der Waals surface area contributed by atoms with Gasteiger partial charge in [0.2, 0.25) is 0 Å². The second-order valence-corrected chi connectivity index (χ2v) is 4.62. The lowest BCUT2D eigenvalue weighted by molar-refractivity contribution is 0.303. The molecular weight excluding hydrogens is 239 g/mol. The normalized spacial score (nSPS) is 10.3. The summed E-state index contributed by atoms with van der Waals surface area (Å²) < 4.78 is 19.3. The molecule has 0 spiro atoms. The molecule has 0 saturated carbocycles.